The quantitative estimate of drug-likeness (QED) is 0.502. The van der Waals surface area contributed by atoms with Crippen molar-refractivity contribution in [3.63, 3.8) is 0 Å². The van der Waals surface area contributed by atoms with Crippen LogP contribution < -0.4 is 21.9 Å². The lowest BCUT2D eigenvalue weighted by atomic mass is 9.36. The number of hydrogen-bond donors (Lipinski definition) is 2. The topological polar surface area (TPSA) is 74.6 Å². The summed E-state index contributed by atoms with van der Waals surface area (Å²) in [6.07, 6.45) is 0.785. The summed E-state index contributed by atoms with van der Waals surface area (Å²) in [7, 11) is 0. The summed E-state index contributed by atoms with van der Waals surface area (Å²) in [6.45, 7) is -3.08. The van der Waals surface area contributed by atoms with Gasteiger partial charge in [-0.2, -0.15) is 0 Å². The third kappa shape index (κ3) is 2.00. The SMILES string of the molecule is O=Cc1cc(F)c2c(c1)B(O)c1c(F)cc(C=O)cc1B2O. The fourth-order valence-corrected chi connectivity index (χ4v) is 2.80. The normalized spacial score (nSPS) is 12.7. The van der Waals surface area contributed by atoms with Crippen LogP contribution in [-0.2, 0) is 0 Å². The molecular weight excluding hydrogens is 292 g/mol. The molecule has 3 rings (SSSR count). The van der Waals surface area contributed by atoms with E-state index in [0.29, 0.717) is 12.6 Å². The van der Waals surface area contributed by atoms with E-state index in [1.807, 2.05) is 0 Å². The predicted molar refractivity (Wildman–Crippen MR) is 78.1 cm³/mol. The summed E-state index contributed by atoms with van der Waals surface area (Å²) in [4.78, 5) is 21.6. The first-order valence-electron chi connectivity index (χ1n) is 6.41. The predicted octanol–water partition coefficient (Wildman–Crippen LogP) is -1.90. The zero-order valence-corrected chi connectivity index (χ0v) is 11.1. The van der Waals surface area contributed by atoms with Gasteiger partial charge in [-0.3, -0.25) is 9.59 Å². The molecular formula is C14H8B2F2O4. The van der Waals surface area contributed by atoms with Crippen LogP contribution in [0.5, 0.6) is 0 Å². The summed E-state index contributed by atoms with van der Waals surface area (Å²) in [6, 6.07) is 4.25. The maximum atomic E-state index is 14.1. The van der Waals surface area contributed by atoms with Crippen molar-refractivity contribution < 1.29 is 28.4 Å². The van der Waals surface area contributed by atoms with E-state index in [-0.39, 0.29) is 33.0 Å². The van der Waals surface area contributed by atoms with Crippen molar-refractivity contribution >= 4 is 48.3 Å². The van der Waals surface area contributed by atoms with Crippen molar-refractivity contribution in [1.82, 2.24) is 0 Å². The molecule has 0 amide bonds. The minimum absolute atomic E-state index is 0.0316. The lowest BCUT2D eigenvalue weighted by molar-refractivity contribution is 0.111. The minimum Gasteiger partial charge on any atom is -0.443 e. The Labute approximate surface area is 124 Å². The molecule has 0 fully saturated rings. The molecule has 0 atom stereocenters. The van der Waals surface area contributed by atoms with E-state index >= 15 is 0 Å². The van der Waals surface area contributed by atoms with Crippen molar-refractivity contribution in [3.05, 3.63) is 47.0 Å². The number of hydrogen-bond acceptors (Lipinski definition) is 4. The number of halogens is 2. The first kappa shape index (κ1) is 14.6. The lowest BCUT2D eigenvalue weighted by Gasteiger charge is -2.26. The van der Waals surface area contributed by atoms with Crippen molar-refractivity contribution in [2.45, 2.75) is 0 Å². The van der Waals surface area contributed by atoms with Crippen molar-refractivity contribution in [1.29, 1.82) is 0 Å². The fraction of sp³-hybridized carbons (Fsp3) is 0. The zero-order valence-electron chi connectivity index (χ0n) is 11.1. The number of aldehydes is 2. The fourth-order valence-electron chi connectivity index (χ4n) is 2.80. The molecule has 0 unspecified atom stereocenters. The van der Waals surface area contributed by atoms with Gasteiger partial charge in [-0.15, -0.1) is 0 Å². The second-order valence-corrected chi connectivity index (χ2v) is 5.05. The van der Waals surface area contributed by atoms with Gasteiger partial charge in [0.2, 0.25) is 0 Å². The molecule has 108 valence electrons. The highest BCUT2D eigenvalue weighted by Gasteiger charge is 2.40. The Balaban J connectivity index is 2.31. The molecule has 0 aliphatic carbocycles. The Hall–Kier alpha value is -2.31. The first-order valence-corrected chi connectivity index (χ1v) is 6.41. The molecule has 1 aliphatic rings. The van der Waals surface area contributed by atoms with Crippen LogP contribution in [0, 0.1) is 11.6 Å². The third-order valence-electron chi connectivity index (χ3n) is 3.78. The summed E-state index contributed by atoms with van der Waals surface area (Å²) in [5, 5.41) is 20.6. The Bertz CT molecular complexity index is 742. The first-order chi connectivity index (χ1) is 10.5. The van der Waals surface area contributed by atoms with Gasteiger partial charge in [0, 0.05) is 11.1 Å². The highest BCUT2D eigenvalue weighted by Crippen LogP contribution is 2.07. The smallest absolute Gasteiger partial charge is 0.361 e. The average molecular weight is 300 g/mol. The summed E-state index contributed by atoms with van der Waals surface area (Å²) >= 11 is 0. The maximum absolute atomic E-state index is 14.1. The molecule has 0 saturated heterocycles. The van der Waals surface area contributed by atoms with E-state index in [9.17, 15) is 28.4 Å². The van der Waals surface area contributed by atoms with Crippen LogP contribution in [-0.4, -0.2) is 36.5 Å². The van der Waals surface area contributed by atoms with Crippen LogP contribution in [0.2, 0.25) is 0 Å². The molecule has 0 bridgehead atoms. The molecule has 8 heteroatoms. The van der Waals surface area contributed by atoms with Crippen LogP contribution in [0.1, 0.15) is 20.7 Å². The lowest BCUT2D eigenvalue weighted by Crippen LogP contribution is -2.70. The molecule has 2 N–H and O–H groups in total. The van der Waals surface area contributed by atoms with Crippen LogP contribution in [0.15, 0.2) is 24.3 Å². The minimum atomic E-state index is -1.54. The van der Waals surface area contributed by atoms with Crippen molar-refractivity contribution in [3.8, 4) is 0 Å². The van der Waals surface area contributed by atoms with E-state index < -0.39 is 25.5 Å². The Kier molecular flexibility index (Phi) is 3.42. The van der Waals surface area contributed by atoms with Gasteiger partial charge < -0.3 is 10.0 Å². The second-order valence-electron chi connectivity index (χ2n) is 5.05. The van der Waals surface area contributed by atoms with Crippen LogP contribution >= 0.6 is 0 Å². The van der Waals surface area contributed by atoms with E-state index in [1.165, 1.54) is 12.1 Å². The summed E-state index contributed by atoms with van der Waals surface area (Å²) < 4.78 is 28.3. The molecule has 2 aromatic carbocycles. The second kappa shape index (κ2) is 5.15. The van der Waals surface area contributed by atoms with Gasteiger partial charge in [-0.1, -0.05) is 12.1 Å². The van der Waals surface area contributed by atoms with Gasteiger partial charge in [-0.25, -0.2) is 8.78 Å². The molecule has 0 radical (unpaired) electrons. The molecule has 1 aliphatic heterocycles. The van der Waals surface area contributed by atoms with Gasteiger partial charge >= 0.3 is 13.8 Å². The van der Waals surface area contributed by atoms with Gasteiger partial charge in [-0.05, 0) is 34.0 Å². The molecule has 2 aromatic rings. The van der Waals surface area contributed by atoms with Crippen LogP contribution in [0.25, 0.3) is 0 Å². The highest BCUT2D eigenvalue weighted by atomic mass is 19.1. The highest BCUT2D eigenvalue weighted by molar-refractivity contribution is 6.97. The molecule has 22 heavy (non-hydrogen) atoms. The Morgan fingerprint density at radius 3 is 1.45 bits per heavy atom. The average Bonchev–Trinajstić information content (AvgIpc) is 2.51. The number of rotatable bonds is 2. The van der Waals surface area contributed by atoms with Crippen molar-refractivity contribution in [2.24, 2.45) is 0 Å². The number of benzene rings is 2. The maximum Gasteiger partial charge on any atom is 0.361 e. The van der Waals surface area contributed by atoms with Crippen molar-refractivity contribution in [2.75, 3.05) is 0 Å². The van der Waals surface area contributed by atoms with E-state index in [4.69, 9.17) is 0 Å². The number of fused-ring (bicyclic) bond motifs is 2. The third-order valence-corrected chi connectivity index (χ3v) is 3.78. The molecule has 0 saturated carbocycles. The molecule has 0 aromatic heterocycles. The summed E-state index contributed by atoms with van der Waals surface area (Å²) in [5.74, 6) is -1.76. The van der Waals surface area contributed by atoms with Gasteiger partial charge in [0.25, 0.3) is 0 Å². The van der Waals surface area contributed by atoms with Gasteiger partial charge in [0.15, 0.2) is 0 Å². The monoisotopic (exact) mass is 300 g/mol. The van der Waals surface area contributed by atoms with Crippen LogP contribution in [0.3, 0.4) is 0 Å². The van der Waals surface area contributed by atoms with E-state index in [1.54, 1.807) is 0 Å². The molecule has 1 heterocycles. The van der Waals surface area contributed by atoms with Gasteiger partial charge in [0.1, 0.15) is 24.2 Å². The molecule has 4 nitrogen and oxygen atoms in total. The molecule has 0 spiro atoms. The Morgan fingerprint density at radius 2 is 1.14 bits per heavy atom. The van der Waals surface area contributed by atoms with E-state index in [2.05, 4.69) is 0 Å². The Morgan fingerprint density at radius 1 is 0.773 bits per heavy atom. The largest absolute Gasteiger partial charge is 0.443 e. The van der Waals surface area contributed by atoms with E-state index in [0.717, 1.165) is 12.1 Å². The van der Waals surface area contributed by atoms with Gasteiger partial charge in [0.05, 0.1) is 0 Å². The number of carbonyl (C=O) groups excluding carboxylic acids is 2. The van der Waals surface area contributed by atoms with Crippen LogP contribution in [0.4, 0.5) is 8.78 Å². The number of carbonyl (C=O) groups is 2. The zero-order chi connectivity index (χ0) is 16.0. The summed E-state index contributed by atoms with van der Waals surface area (Å²) in [5.41, 5.74) is -0.660. The standard InChI is InChI=1S/C14H8B2F2O4/c17-11-3-7(5-19)1-9-13(11)16(22)10-2-8(6-20)4-12(18)14(10)15(9)21/h1-6,21-22H.